The van der Waals surface area contributed by atoms with E-state index in [1.54, 1.807) is 10.9 Å². The van der Waals surface area contributed by atoms with Crippen LogP contribution in [0.15, 0.2) is 6.20 Å². The Balaban J connectivity index is 2.85. The fourth-order valence-electron chi connectivity index (χ4n) is 0.894. The minimum atomic E-state index is -0.540. The van der Waals surface area contributed by atoms with Gasteiger partial charge >= 0.3 is 0 Å². The molecule has 0 aliphatic rings. The Kier molecular flexibility index (Phi) is 2.65. The lowest BCUT2D eigenvalue weighted by atomic mass is 10.1. The number of hydrogen-bond donors (Lipinski definition) is 1. The van der Waals surface area contributed by atoms with Gasteiger partial charge in [0.15, 0.2) is 5.69 Å². The fourth-order valence-corrected chi connectivity index (χ4v) is 0.894. The van der Waals surface area contributed by atoms with E-state index in [0.717, 1.165) is 0 Å². The van der Waals surface area contributed by atoms with Crippen LogP contribution in [0.3, 0.4) is 0 Å². The van der Waals surface area contributed by atoms with Gasteiger partial charge in [-0.25, -0.2) is 4.68 Å². The molecule has 13 heavy (non-hydrogen) atoms. The molecule has 1 unspecified atom stereocenters. The van der Waals surface area contributed by atoms with Gasteiger partial charge in [-0.3, -0.25) is 4.79 Å². The van der Waals surface area contributed by atoms with Crippen LogP contribution in [0.1, 0.15) is 37.3 Å². The maximum atomic E-state index is 10.7. The Morgan fingerprint density at radius 1 is 1.54 bits per heavy atom. The number of nitrogens with zero attached hydrogens (tertiary/aromatic N) is 3. The third-order valence-electron chi connectivity index (χ3n) is 2.14. The minimum Gasteiger partial charge on any atom is -0.364 e. The smallest absolute Gasteiger partial charge is 0.270 e. The van der Waals surface area contributed by atoms with E-state index in [0.29, 0.717) is 5.92 Å². The van der Waals surface area contributed by atoms with Gasteiger partial charge in [0.1, 0.15) is 0 Å². The van der Waals surface area contributed by atoms with Crippen LogP contribution < -0.4 is 5.73 Å². The average Bonchev–Trinajstić information content (AvgIpc) is 2.50. The molecule has 0 aliphatic heterocycles. The molecular weight excluding hydrogens is 168 g/mol. The highest BCUT2D eigenvalue weighted by Gasteiger charge is 2.13. The molecule has 1 atom stereocenters. The van der Waals surface area contributed by atoms with Crippen molar-refractivity contribution in [2.24, 2.45) is 11.7 Å². The SMILES string of the molecule is CC(C)C(C)n1cc(C(N)=O)nn1. The van der Waals surface area contributed by atoms with E-state index in [-0.39, 0.29) is 11.7 Å². The minimum absolute atomic E-state index is 0.215. The van der Waals surface area contributed by atoms with Crippen molar-refractivity contribution in [1.82, 2.24) is 15.0 Å². The zero-order valence-corrected chi connectivity index (χ0v) is 8.06. The monoisotopic (exact) mass is 182 g/mol. The molecule has 5 heteroatoms. The van der Waals surface area contributed by atoms with Gasteiger partial charge in [-0.2, -0.15) is 0 Å². The van der Waals surface area contributed by atoms with Crippen molar-refractivity contribution >= 4 is 5.91 Å². The normalized spacial score (nSPS) is 13.2. The summed E-state index contributed by atoms with van der Waals surface area (Å²) in [5, 5.41) is 7.48. The van der Waals surface area contributed by atoms with Crippen LogP contribution in [0.5, 0.6) is 0 Å². The van der Waals surface area contributed by atoms with E-state index in [9.17, 15) is 4.79 Å². The third kappa shape index (κ3) is 2.05. The number of hydrogen-bond acceptors (Lipinski definition) is 3. The van der Waals surface area contributed by atoms with Crippen LogP contribution in [-0.2, 0) is 0 Å². The summed E-state index contributed by atoms with van der Waals surface area (Å²) in [6, 6.07) is 0.223. The van der Waals surface area contributed by atoms with Gasteiger partial charge in [-0.05, 0) is 12.8 Å². The van der Waals surface area contributed by atoms with Gasteiger partial charge < -0.3 is 5.73 Å². The molecule has 0 aromatic carbocycles. The summed E-state index contributed by atoms with van der Waals surface area (Å²) in [7, 11) is 0. The lowest BCUT2D eigenvalue weighted by Gasteiger charge is -2.14. The van der Waals surface area contributed by atoms with E-state index in [1.807, 2.05) is 6.92 Å². The molecule has 2 N–H and O–H groups in total. The first kappa shape index (κ1) is 9.70. The molecule has 1 amide bonds. The Morgan fingerprint density at radius 2 is 2.15 bits per heavy atom. The molecule has 1 aromatic rings. The third-order valence-corrected chi connectivity index (χ3v) is 2.14. The maximum Gasteiger partial charge on any atom is 0.270 e. The highest BCUT2D eigenvalue weighted by atomic mass is 16.1. The van der Waals surface area contributed by atoms with Crippen molar-refractivity contribution in [1.29, 1.82) is 0 Å². The maximum absolute atomic E-state index is 10.7. The average molecular weight is 182 g/mol. The number of rotatable bonds is 3. The zero-order chi connectivity index (χ0) is 10.0. The summed E-state index contributed by atoms with van der Waals surface area (Å²) < 4.78 is 1.66. The molecule has 0 bridgehead atoms. The highest BCUT2D eigenvalue weighted by molar-refractivity contribution is 5.90. The molecule has 0 saturated heterocycles. The molecule has 72 valence electrons. The topological polar surface area (TPSA) is 73.8 Å². The summed E-state index contributed by atoms with van der Waals surface area (Å²) in [6.07, 6.45) is 1.58. The van der Waals surface area contributed by atoms with E-state index < -0.39 is 5.91 Å². The van der Waals surface area contributed by atoms with Crippen molar-refractivity contribution in [2.45, 2.75) is 26.8 Å². The number of aromatic nitrogens is 3. The van der Waals surface area contributed by atoms with Crippen LogP contribution in [-0.4, -0.2) is 20.9 Å². The first-order valence-electron chi connectivity index (χ1n) is 4.24. The van der Waals surface area contributed by atoms with Crippen molar-refractivity contribution in [3.8, 4) is 0 Å². The van der Waals surface area contributed by atoms with Crippen LogP contribution >= 0.6 is 0 Å². The molecule has 0 saturated carbocycles. The summed E-state index contributed by atoms with van der Waals surface area (Å²) in [5.74, 6) is -0.0929. The second-order valence-corrected chi connectivity index (χ2v) is 3.43. The van der Waals surface area contributed by atoms with Gasteiger partial charge in [0.05, 0.1) is 12.2 Å². The second-order valence-electron chi connectivity index (χ2n) is 3.43. The van der Waals surface area contributed by atoms with Crippen molar-refractivity contribution in [3.63, 3.8) is 0 Å². The van der Waals surface area contributed by atoms with Crippen molar-refractivity contribution in [2.75, 3.05) is 0 Å². The Bertz CT molecular complexity index is 305. The summed E-state index contributed by atoms with van der Waals surface area (Å²) in [5.41, 5.74) is 5.26. The summed E-state index contributed by atoms with van der Waals surface area (Å²) in [4.78, 5) is 10.7. The molecule has 0 aliphatic carbocycles. The van der Waals surface area contributed by atoms with Gasteiger partial charge in [0, 0.05) is 0 Å². The molecule has 0 fully saturated rings. The quantitative estimate of drug-likeness (QED) is 0.743. The van der Waals surface area contributed by atoms with Crippen molar-refractivity contribution < 1.29 is 4.79 Å². The number of carbonyl (C=O) groups excluding carboxylic acids is 1. The van der Waals surface area contributed by atoms with Gasteiger partial charge in [0.25, 0.3) is 5.91 Å². The van der Waals surface area contributed by atoms with Gasteiger partial charge in [0.2, 0.25) is 0 Å². The highest BCUT2D eigenvalue weighted by Crippen LogP contribution is 2.14. The second kappa shape index (κ2) is 3.55. The summed E-state index contributed by atoms with van der Waals surface area (Å²) >= 11 is 0. The number of amides is 1. The van der Waals surface area contributed by atoms with E-state index in [1.165, 1.54) is 0 Å². The van der Waals surface area contributed by atoms with E-state index in [2.05, 4.69) is 24.2 Å². The molecule has 0 spiro atoms. The zero-order valence-electron chi connectivity index (χ0n) is 8.06. The molecule has 1 rings (SSSR count). The van der Waals surface area contributed by atoms with Crippen LogP contribution in [0.4, 0.5) is 0 Å². The standard InChI is InChI=1S/C8H14N4O/c1-5(2)6(3)12-4-7(8(9)13)10-11-12/h4-6H,1-3H3,(H2,9,13). The molecule has 1 aromatic heterocycles. The van der Waals surface area contributed by atoms with E-state index in [4.69, 9.17) is 5.73 Å². The Labute approximate surface area is 76.9 Å². The predicted octanol–water partition coefficient (Wildman–Crippen LogP) is 0.594. The predicted molar refractivity (Wildman–Crippen MR) is 48.1 cm³/mol. The molecule has 1 heterocycles. The Morgan fingerprint density at radius 3 is 2.54 bits per heavy atom. The number of primary amides is 1. The van der Waals surface area contributed by atoms with Crippen LogP contribution in [0, 0.1) is 5.92 Å². The van der Waals surface area contributed by atoms with Gasteiger partial charge in [-0.1, -0.05) is 19.1 Å². The molecular formula is C8H14N4O. The number of carbonyl (C=O) groups is 1. The lowest BCUT2D eigenvalue weighted by Crippen LogP contribution is -2.13. The Hall–Kier alpha value is -1.39. The first-order chi connectivity index (χ1) is 6.02. The van der Waals surface area contributed by atoms with Gasteiger partial charge in [-0.15, -0.1) is 5.10 Å². The van der Waals surface area contributed by atoms with Crippen LogP contribution in [0.25, 0.3) is 0 Å². The fraction of sp³-hybridized carbons (Fsp3) is 0.625. The largest absolute Gasteiger partial charge is 0.364 e. The molecule has 5 nitrogen and oxygen atoms in total. The summed E-state index contributed by atoms with van der Waals surface area (Å²) in [6.45, 7) is 6.18. The molecule has 0 radical (unpaired) electrons. The van der Waals surface area contributed by atoms with Crippen LogP contribution in [0.2, 0.25) is 0 Å². The first-order valence-corrected chi connectivity index (χ1v) is 4.24. The number of nitrogens with two attached hydrogens (primary N) is 1. The van der Waals surface area contributed by atoms with Crippen molar-refractivity contribution in [3.05, 3.63) is 11.9 Å². The van der Waals surface area contributed by atoms with E-state index >= 15 is 0 Å². The lowest BCUT2D eigenvalue weighted by molar-refractivity contribution is 0.0995.